The van der Waals surface area contributed by atoms with Crippen molar-refractivity contribution >= 4 is 60.7 Å². The molecule has 0 saturated carbocycles. The highest BCUT2D eigenvalue weighted by Crippen LogP contribution is 2.43. The van der Waals surface area contributed by atoms with Crippen LogP contribution in [0.3, 0.4) is 0 Å². The standard InChI is InChI=1S/C26H20Br2N4O5S/c1-34-18-6-12(5-16(27)22(18)36-3)7-20-25(33)32-24(31)14(10-29)21(15(11-30)26(32)38-20)13-8-17(28)23(37-4)19(9-13)35-2/h5-9,21H,31H2,1-4H3/b20-7-. The SMILES string of the molecule is COc1cc(/C=c2\sc3n(c2=O)C(N)=C(C#N)C(c2cc(Br)c(OC)c(OC)c2)C=3C#N)cc(Br)c1OC. The third-order valence-corrected chi connectivity index (χ3v) is 8.22. The van der Waals surface area contributed by atoms with E-state index >= 15 is 0 Å². The highest BCUT2D eigenvalue weighted by atomic mass is 79.9. The minimum atomic E-state index is -0.817. The van der Waals surface area contributed by atoms with Gasteiger partial charge in [-0.25, -0.2) is 0 Å². The second-order valence-electron chi connectivity index (χ2n) is 7.90. The first-order valence-electron chi connectivity index (χ1n) is 10.8. The van der Waals surface area contributed by atoms with Crippen molar-refractivity contribution in [1.82, 2.24) is 4.57 Å². The van der Waals surface area contributed by atoms with Gasteiger partial charge in [-0.05, 0) is 73.3 Å². The van der Waals surface area contributed by atoms with Crippen molar-refractivity contribution in [3.63, 3.8) is 0 Å². The molecule has 0 amide bonds. The van der Waals surface area contributed by atoms with Crippen LogP contribution in [0.15, 0.2) is 43.6 Å². The number of nitriles is 2. The monoisotopic (exact) mass is 658 g/mol. The number of hydrogen-bond donors (Lipinski definition) is 1. The minimum Gasteiger partial charge on any atom is -0.493 e. The van der Waals surface area contributed by atoms with Crippen molar-refractivity contribution in [3.8, 4) is 35.1 Å². The van der Waals surface area contributed by atoms with Crippen LogP contribution < -0.4 is 39.4 Å². The summed E-state index contributed by atoms with van der Waals surface area (Å²) in [6.07, 6.45) is 1.67. The fraction of sp³-hybridized carbons (Fsp3) is 0.192. The third kappa shape index (κ3) is 4.45. The summed E-state index contributed by atoms with van der Waals surface area (Å²) in [7, 11) is 6.04. The summed E-state index contributed by atoms with van der Waals surface area (Å²) in [5.74, 6) is 1.01. The smallest absolute Gasteiger partial charge is 0.274 e. The first kappa shape index (κ1) is 27.3. The van der Waals surface area contributed by atoms with Crippen LogP contribution in [-0.2, 0) is 0 Å². The average Bonchev–Trinajstić information content (AvgIpc) is 3.23. The molecule has 1 aliphatic rings. The molecule has 1 aliphatic heterocycles. The van der Waals surface area contributed by atoms with Crippen molar-refractivity contribution in [2.75, 3.05) is 28.4 Å². The van der Waals surface area contributed by atoms with E-state index in [1.807, 2.05) is 0 Å². The number of fused-ring (bicyclic) bond motifs is 1. The fourth-order valence-corrected chi connectivity index (χ4v) is 6.63. The molecule has 4 rings (SSSR count). The third-order valence-electron chi connectivity index (χ3n) is 5.93. The molecule has 9 nitrogen and oxygen atoms in total. The highest BCUT2D eigenvalue weighted by Gasteiger charge is 2.33. The Morgan fingerprint density at radius 1 is 0.921 bits per heavy atom. The minimum absolute atomic E-state index is 0.0354. The molecule has 0 aliphatic carbocycles. The maximum absolute atomic E-state index is 13.5. The number of rotatable bonds is 6. The first-order valence-corrected chi connectivity index (χ1v) is 13.3. The van der Waals surface area contributed by atoms with E-state index in [1.54, 1.807) is 30.3 Å². The molecule has 0 bridgehead atoms. The molecule has 38 heavy (non-hydrogen) atoms. The first-order chi connectivity index (χ1) is 18.2. The lowest BCUT2D eigenvalue weighted by atomic mass is 9.84. The Bertz CT molecular complexity index is 1760. The lowest BCUT2D eigenvalue weighted by Gasteiger charge is -2.23. The highest BCUT2D eigenvalue weighted by molar-refractivity contribution is 9.11. The summed E-state index contributed by atoms with van der Waals surface area (Å²) in [5.41, 5.74) is 7.49. The van der Waals surface area contributed by atoms with Crippen LogP contribution in [-0.4, -0.2) is 33.0 Å². The van der Waals surface area contributed by atoms with Gasteiger partial charge in [0.15, 0.2) is 23.0 Å². The van der Waals surface area contributed by atoms with Gasteiger partial charge in [-0.2, -0.15) is 10.5 Å². The maximum Gasteiger partial charge on any atom is 0.274 e. The average molecular weight is 660 g/mol. The summed E-state index contributed by atoms with van der Waals surface area (Å²) >= 11 is 8.04. The Hall–Kier alpha value is -3.71. The maximum atomic E-state index is 13.5. The molecule has 2 heterocycles. The van der Waals surface area contributed by atoms with E-state index in [0.717, 1.165) is 11.3 Å². The predicted octanol–water partition coefficient (Wildman–Crippen LogP) is 3.42. The van der Waals surface area contributed by atoms with E-state index in [9.17, 15) is 15.3 Å². The molecule has 12 heteroatoms. The van der Waals surface area contributed by atoms with Crippen LogP contribution in [0.25, 0.3) is 17.5 Å². The van der Waals surface area contributed by atoms with E-state index in [4.69, 9.17) is 24.7 Å². The zero-order valence-corrected chi connectivity index (χ0v) is 24.6. The Morgan fingerprint density at radius 2 is 1.50 bits per heavy atom. The van der Waals surface area contributed by atoms with E-state index in [0.29, 0.717) is 52.3 Å². The van der Waals surface area contributed by atoms with E-state index in [1.165, 1.54) is 33.0 Å². The molecule has 1 unspecified atom stereocenters. The van der Waals surface area contributed by atoms with Gasteiger partial charge in [-0.1, -0.05) is 0 Å². The Morgan fingerprint density at radius 3 is 2.05 bits per heavy atom. The van der Waals surface area contributed by atoms with E-state index in [-0.39, 0.29) is 17.0 Å². The summed E-state index contributed by atoms with van der Waals surface area (Å²) in [4.78, 5) is 13.5. The zero-order valence-electron chi connectivity index (χ0n) is 20.6. The number of ether oxygens (including phenoxy) is 4. The summed E-state index contributed by atoms with van der Waals surface area (Å²) in [5, 5.41) is 20.3. The van der Waals surface area contributed by atoms with Crippen LogP contribution in [0.1, 0.15) is 17.0 Å². The Balaban J connectivity index is 2.03. The Kier molecular flexibility index (Phi) is 7.88. The van der Waals surface area contributed by atoms with Gasteiger partial charge in [0, 0.05) is 0 Å². The molecule has 194 valence electrons. The Labute approximate surface area is 238 Å². The molecule has 0 fully saturated rings. The largest absolute Gasteiger partial charge is 0.493 e. The van der Waals surface area contributed by atoms with Gasteiger partial charge in [0.2, 0.25) is 0 Å². The molecule has 1 atom stereocenters. The van der Waals surface area contributed by atoms with Gasteiger partial charge < -0.3 is 24.7 Å². The van der Waals surface area contributed by atoms with Crippen LogP contribution in [0.5, 0.6) is 23.0 Å². The number of methoxy groups -OCH3 is 4. The topological polar surface area (TPSA) is 133 Å². The number of aromatic nitrogens is 1. The van der Waals surface area contributed by atoms with E-state index in [2.05, 4.69) is 44.0 Å². The van der Waals surface area contributed by atoms with Crippen molar-refractivity contribution in [3.05, 3.63) is 69.5 Å². The number of benzene rings is 2. The number of nitrogens with two attached hydrogens (primary N) is 1. The second-order valence-corrected chi connectivity index (χ2v) is 10.6. The predicted molar refractivity (Wildman–Crippen MR) is 151 cm³/mol. The lowest BCUT2D eigenvalue weighted by Crippen LogP contribution is -2.38. The van der Waals surface area contributed by atoms with Crippen molar-refractivity contribution in [2.24, 2.45) is 5.73 Å². The number of nitrogens with zero attached hydrogens (tertiary/aromatic N) is 3. The molecular weight excluding hydrogens is 640 g/mol. The second kappa shape index (κ2) is 11.0. The van der Waals surface area contributed by atoms with E-state index < -0.39 is 11.5 Å². The quantitative estimate of drug-likeness (QED) is 0.426. The van der Waals surface area contributed by atoms with Gasteiger partial charge in [-0.3, -0.25) is 9.36 Å². The molecule has 0 saturated heterocycles. The van der Waals surface area contributed by atoms with Crippen molar-refractivity contribution < 1.29 is 18.9 Å². The number of allylic oxidation sites excluding steroid dienone is 1. The van der Waals surface area contributed by atoms with Gasteiger partial charge >= 0.3 is 0 Å². The zero-order chi connectivity index (χ0) is 27.7. The van der Waals surface area contributed by atoms with Gasteiger partial charge in [0.1, 0.15) is 10.5 Å². The van der Waals surface area contributed by atoms with Gasteiger partial charge in [0.25, 0.3) is 5.56 Å². The number of hydrogen-bond acceptors (Lipinski definition) is 9. The van der Waals surface area contributed by atoms with Crippen LogP contribution >= 0.6 is 43.2 Å². The summed E-state index contributed by atoms with van der Waals surface area (Å²) in [6.45, 7) is 0. The van der Waals surface area contributed by atoms with Crippen LogP contribution in [0, 0.1) is 22.7 Å². The molecule has 2 N–H and O–H groups in total. The summed E-state index contributed by atoms with van der Waals surface area (Å²) < 4.78 is 24.7. The number of halogens is 2. The molecule has 1 aromatic heterocycles. The normalized spacial score (nSPS) is 15.0. The molecule has 3 aromatic rings. The molecule has 0 spiro atoms. The van der Waals surface area contributed by atoms with Crippen molar-refractivity contribution in [2.45, 2.75) is 5.92 Å². The molecule has 0 radical (unpaired) electrons. The summed E-state index contributed by atoms with van der Waals surface area (Å²) in [6, 6.07) is 11.2. The van der Waals surface area contributed by atoms with Gasteiger partial charge in [-0.15, -0.1) is 11.3 Å². The fourth-order valence-electron chi connectivity index (χ4n) is 4.26. The van der Waals surface area contributed by atoms with Gasteiger partial charge in [0.05, 0.1) is 71.1 Å². The van der Waals surface area contributed by atoms with Crippen LogP contribution in [0.4, 0.5) is 0 Å². The molecular formula is C26H20Br2N4O5S. The van der Waals surface area contributed by atoms with Crippen molar-refractivity contribution in [1.29, 1.82) is 10.5 Å². The molecule has 2 aromatic carbocycles. The lowest BCUT2D eigenvalue weighted by molar-refractivity contribution is 0.352. The number of thiazole rings is 1. The van der Waals surface area contributed by atoms with Crippen LogP contribution in [0.2, 0.25) is 0 Å².